The summed E-state index contributed by atoms with van der Waals surface area (Å²) in [6.07, 6.45) is 10.5. The topological polar surface area (TPSA) is 15.6 Å². The average molecular weight is 206 g/mol. The van der Waals surface area contributed by atoms with E-state index in [1.807, 2.05) is 13.1 Å². The summed E-state index contributed by atoms with van der Waals surface area (Å²) < 4.78 is 0. The van der Waals surface area contributed by atoms with Gasteiger partial charge in [-0.05, 0) is 46.2 Å². The van der Waals surface area contributed by atoms with E-state index in [-0.39, 0.29) is 0 Å². The second-order valence-electron chi connectivity index (χ2n) is 4.13. The number of likely N-dealkylation sites (N-methyl/N-ethyl adjacent to an activating group) is 1. The Hall–Kier alpha value is -0.890. The number of hydrogen-bond donors (Lipinski definition) is 0. The normalized spacial score (nSPS) is 23.2. The largest absolute Gasteiger partial charge is 0.300 e. The van der Waals surface area contributed by atoms with Gasteiger partial charge in [0.25, 0.3) is 0 Å². The molecule has 2 heteroatoms. The van der Waals surface area contributed by atoms with Crippen molar-refractivity contribution in [2.24, 2.45) is 4.99 Å². The van der Waals surface area contributed by atoms with Crippen molar-refractivity contribution in [2.45, 2.75) is 38.6 Å². The Balaban J connectivity index is 2.24. The summed E-state index contributed by atoms with van der Waals surface area (Å²) in [4.78, 5) is 6.45. The maximum Gasteiger partial charge on any atom is 0.0302 e. The maximum atomic E-state index is 4.19. The summed E-state index contributed by atoms with van der Waals surface area (Å²) in [7, 11) is 2.19. The Labute approximate surface area is 93.4 Å². The molecule has 0 aromatic carbocycles. The Morgan fingerprint density at radius 1 is 1.60 bits per heavy atom. The number of hydrogen-bond acceptors (Lipinski definition) is 2. The van der Waals surface area contributed by atoms with Gasteiger partial charge < -0.3 is 0 Å². The highest BCUT2D eigenvalue weighted by Crippen LogP contribution is 2.23. The molecule has 0 spiro atoms. The SMILES string of the molecule is C=C(CC/C=C\N=C/C)[C@@H]1CCCN1C. The van der Waals surface area contributed by atoms with Crippen LogP contribution in [0.3, 0.4) is 0 Å². The van der Waals surface area contributed by atoms with Crippen molar-refractivity contribution >= 4 is 6.21 Å². The molecule has 0 aromatic heterocycles. The van der Waals surface area contributed by atoms with Crippen LogP contribution in [-0.2, 0) is 0 Å². The molecule has 1 rings (SSSR count). The van der Waals surface area contributed by atoms with Gasteiger partial charge in [-0.2, -0.15) is 0 Å². The summed E-state index contributed by atoms with van der Waals surface area (Å²) in [6, 6.07) is 0.619. The lowest BCUT2D eigenvalue weighted by Gasteiger charge is -2.21. The van der Waals surface area contributed by atoms with Crippen molar-refractivity contribution in [2.75, 3.05) is 13.6 Å². The van der Waals surface area contributed by atoms with Crippen molar-refractivity contribution in [1.29, 1.82) is 0 Å². The van der Waals surface area contributed by atoms with E-state index in [1.165, 1.54) is 25.0 Å². The number of nitrogens with zero attached hydrogens (tertiary/aromatic N) is 2. The van der Waals surface area contributed by atoms with Crippen LogP contribution in [0.4, 0.5) is 0 Å². The predicted molar refractivity (Wildman–Crippen MR) is 67.3 cm³/mol. The van der Waals surface area contributed by atoms with Crippen molar-refractivity contribution in [1.82, 2.24) is 4.90 Å². The first-order valence-corrected chi connectivity index (χ1v) is 5.76. The van der Waals surface area contributed by atoms with E-state index in [4.69, 9.17) is 0 Å². The first kappa shape index (κ1) is 12.2. The molecule has 1 heterocycles. The molecule has 15 heavy (non-hydrogen) atoms. The van der Waals surface area contributed by atoms with Crippen LogP contribution in [0.25, 0.3) is 0 Å². The lowest BCUT2D eigenvalue weighted by Crippen LogP contribution is -2.26. The Kier molecular flexibility index (Phi) is 5.33. The first-order valence-electron chi connectivity index (χ1n) is 5.76. The third-order valence-corrected chi connectivity index (χ3v) is 2.96. The number of rotatable bonds is 5. The number of likely N-dealkylation sites (tertiary alicyclic amines) is 1. The molecule has 1 fully saturated rings. The van der Waals surface area contributed by atoms with Crippen LogP contribution in [-0.4, -0.2) is 30.7 Å². The molecule has 1 atom stereocenters. The molecule has 1 saturated heterocycles. The third-order valence-electron chi connectivity index (χ3n) is 2.96. The van der Waals surface area contributed by atoms with E-state index in [1.54, 1.807) is 6.21 Å². The molecular formula is C13H22N2. The van der Waals surface area contributed by atoms with Crippen molar-refractivity contribution in [3.8, 4) is 0 Å². The van der Waals surface area contributed by atoms with E-state index in [0.717, 1.165) is 12.8 Å². The highest BCUT2D eigenvalue weighted by Gasteiger charge is 2.22. The van der Waals surface area contributed by atoms with Crippen LogP contribution < -0.4 is 0 Å². The van der Waals surface area contributed by atoms with Crippen LogP contribution in [0.15, 0.2) is 29.4 Å². The zero-order valence-electron chi connectivity index (χ0n) is 9.95. The fourth-order valence-corrected chi connectivity index (χ4v) is 2.08. The van der Waals surface area contributed by atoms with E-state index in [9.17, 15) is 0 Å². The van der Waals surface area contributed by atoms with E-state index < -0.39 is 0 Å². The van der Waals surface area contributed by atoms with Gasteiger partial charge in [-0.25, -0.2) is 0 Å². The van der Waals surface area contributed by atoms with Gasteiger partial charge in [-0.1, -0.05) is 18.2 Å². The van der Waals surface area contributed by atoms with Gasteiger partial charge in [-0.3, -0.25) is 9.89 Å². The molecule has 1 aliphatic heterocycles. The second kappa shape index (κ2) is 6.57. The third kappa shape index (κ3) is 4.00. The standard InChI is InChI=1S/C13H22N2/c1-4-14-10-6-5-8-12(2)13-9-7-11-15(13)3/h4,6,10,13H,2,5,7-9,11H2,1,3H3/b10-6-,14-4-/t13-/m0/s1. The van der Waals surface area contributed by atoms with E-state index in [2.05, 4.69) is 29.6 Å². The van der Waals surface area contributed by atoms with Gasteiger partial charge in [0.15, 0.2) is 0 Å². The van der Waals surface area contributed by atoms with Gasteiger partial charge in [0, 0.05) is 18.5 Å². The fraction of sp³-hybridized carbons (Fsp3) is 0.615. The molecule has 2 nitrogen and oxygen atoms in total. The highest BCUT2D eigenvalue weighted by molar-refractivity contribution is 5.54. The zero-order valence-corrected chi connectivity index (χ0v) is 9.95. The van der Waals surface area contributed by atoms with Crippen LogP contribution in [0.5, 0.6) is 0 Å². The van der Waals surface area contributed by atoms with Crippen molar-refractivity contribution in [3.05, 3.63) is 24.4 Å². The van der Waals surface area contributed by atoms with Crippen LogP contribution >= 0.6 is 0 Å². The van der Waals surface area contributed by atoms with Gasteiger partial charge in [0.1, 0.15) is 0 Å². The fourth-order valence-electron chi connectivity index (χ4n) is 2.08. The first-order chi connectivity index (χ1) is 7.25. The van der Waals surface area contributed by atoms with Gasteiger partial charge in [0.05, 0.1) is 0 Å². The minimum atomic E-state index is 0.619. The highest BCUT2D eigenvalue weighted by atomic mass is 15.1. The zero-order chi connectivity index (χ0) is 11.1. The number of allylic oxidation sites excluding steroid dienone is 1. The molecular weight excluding hydrogens is 184 g/mol. The average Bonchev–Trinajstić information content (AvgIpc) is 2.64. The summed E-state index contributed by atoms with van der Waals surface area (Å²) >= 11 is 0. The molecule has 1 aliphatic rings. The van der Waals surface area contributed by atoms with Crippen molar-refractivity contribution in [3.63, 3.8) is 0 Å². The molecule has 0 N–H and O–H groups in total. The lowest BCUT2D eigenvalue weighted by molar-refractivity contribution is 0.340. The number of aliphatic imine (C=N–C) groups is 1. The minimum absolute atomic E-state index is 0.619. The Bertz CT molecular complexity index is 253. The molecule has 0 unspecified atom stereocenters. The van der Waals surface area contributed by atoms with Gasteiger partial charge in [0.2, 0.25) is 0 Å². The minimum Gasteiger partial charge on any atom is -0.300 e. The monoisotopic (exact) mass is 206 g/mol. The van der Waals surface area contributed by atoms with Crippen LogP contribution in [0.2, 0.25) is 0 Å². The quantitative estimate of drug-likeness (QED) is 0.498. The van der Waals surface area contributed by atoms with Crippen LogP contribution in [0, 0.1) is 0 Å². The van der Waals surface area contributed by atoms with Crippen LogP contribution in [0.1, 0.15) is 32.6 Å². The molecule has 0 saturated carbocycles. The second-order valence-corrected chi connectivity index (χ2v) is 4.13. The predicted octanol–water partition coefficient (Wildman–Crippen LogP) is 3.02. The molecule has 0 bridgehead atoms. The molecule has 0 radical (unpaired) electrons. The lowest BCUT2D eigenvalue weighted by atomic mass is 10.0. The van der Waals surface area contributed by atoms with Gasteiger partial charge >= 0.3 is 0 Å². The summed E-state index contributed by atoms with van der Waals surface area (Å²) in [5.41, 5.74) is 1.38. The van der Waals surface area contributed by atoms with Gasteiger partial charge in [-0.15, -0.1) is 0 Å². The smallest absolute Gasteiger partial charge is 0.0302 e. The Morgan fingerprint density at radius 3 is 3.00 bits per heavy atom. The molecule has 0 aromatic rings. The van der Waals surface area contributed by atoms with E-state index >= 15 is 0 Å². The summed E-state index contributed by atoms with van der Waals surface area (Å²) in [5.74, 6) is 0. The van der Waals surface area contributed by atoms with Crippen molar-refractivity contribution < 1.29 is 0 Å². The summed E-state index contributed by atoms with van der Waals surface area (Å²) in [6.45, 7) is 7.34. The molecule has 0 aliphatic carbocycles. The summed E-state index contributed by atoms with van der Waals surface area (Å²) in [5, 5.41) is 0. The molecule has 0 amide bonds. The van der Waals surface area contributed by atoms with E-state index in [0.29, 0.717) is 6.04 Å². The maximum absolute atomic E-state index is 4.19. The molecule has 84 valence electrons. The Morgan fingerprint density at radius 2 is 2.40 bits per heavy atom.